The van der Waals surface area contributed by atoms with Crippen LogP contribution in [-0.2, 0) is 4.79 Å². The van der Waals surface area contributed by atoms with Gasteiger partial charge in [0.2, 0.25) is 10.9 Å². The van der Waals surface area contributed by atoms with Crippen molar-refractivity contribution in [2.45, 2.75) is 43.8 Å². The smallest absolute Gasteiger partial charge is 0.237 e. The van der Waals surface area contributed by atoms with Crippen LogP contribution >= 0.6 is 23.1 Å². The number of aromatic nitrogens is 3. The van der Waals surface area contributed by atoms with Crippen LogP contribution in [0.5, 0.6) is 0 Å². The number of nitrogens with zero attached hydrogens (tertiary/aromatic N) is 4. The van der Waals surface area contributed by atoms with Gasteiger partial charge in [-0.15, -0.1) is 10.2 Å². The second-order valence-electron chi connectivity index (χ2n) is 8.16. The van der Waals surface area contributed by atoms with E-state index >= 15 is 0 Å². The van der Waals surface area contributed by atoms with Crippen LogP contribution < -0.4 is 4.90 Å². The Bertz CT molecular complexity index is 1230. The van der Waals surface area contributed by atoms with Gasteiger partial charge in [0, 0.05) is 11.2 Å². The van der Waals surface area contributed by atoms with Gasteiger partial charge in [0.25, 0.3) is 0 Å². The lowest BCUT2D eigenvalue weighted by Crippen LogP contribution is -2.52. The van der Waals surface area contributed by atoms with Crippen LogP contribution in [0.25, 0.3) is 15.2 Å². The minimum absolute atomic E-state index is 0.107. The first-order valence-electron chi connectivity index (χ1n) is 9.73. The summed E-state index contributed by atoms with van der Waals surface area (Å²) in [5.74, 6) is 0.874. The Hall–Kier alpha value is -2.38. The van der Waals surface area contributed by atoms with Crippen LogP contribution in [0.3, 0.4) is 0 Å². The summed E-state index contributed by atoms with van der Waals surface area (Å²) in [6.07, 6.45) is 0.949. The second kappa shape index (κ2) is 6.85. The number of hydrogen-bond donors (Lipinski definition) is 0. The summed E-state index contributed by atoms with van der Waals surface area (Å²) < 4.78 is 3.22. The van der Waals surface area contributed by atoms with Crippen molar-refractivity contribution < 1.29 is 4.79 Å². The highest BCUT2D eigenvalue weighted by atomic mass is 32.2. The number of thiazole rings is 1. The molecule has 5 nitrogen and oxygen atoms in total. The van der Waals surface area contributed by atoms with E-state index < -0.39 is 0 Å². The fraction of sp³-hybridized carbons (Fsp3) is 0.318. The molecule has 2 aromatic carbocycles. The van der Waals surface area contributed by atoms with Crippen LogP contribution in [0.2, 0.25) is 0 Å². The van der Waals surface area contributed by atoms with E-state index in [1.807, 2.05) is 23.1 Å². The van der Waals surface area contributed by atoms with Crippen LogP contribution in [-0.4, -0.2) is 31.8 Å². The van der Waals surface area contributed by atoms with Crippen LogP contribution in [0, 0.1) is 0 Å². The molecular formula is C22H22N4OS2. The first kappa shape index (κ1) is 18.6. The molecule has 5 rings (SSSR count). The zero-order valence-corrected chi connectivity index (χ0v) is 18.3. The van der Waals surface area contributed by atoms with Gasteiger partial charge in [-0.05, 0) is 49.9 Å². The summed E-state index contributed by atoms with van der Waals surface area (Å²) in [5, 5.41) is 9.40. The molecule has 0 N–H and O–H groups in total. The van der Waals surface area contributed by atoms with Crippen molar-refractivity contribution in [1.82, 2.24) is 14.6 Å². The first-order valence-corrected chi connectivity index (χ1v) is 11.5. The third-order valence-corrected chi connectivity index (χ3v) is 7.53. The number of rotatable bonds is 3. The van der Waals surface area contributed by atoms with Crippen LogP contribution in [0.15, 0.2) is 53.7 Å². The normalized spacial score (nSPS) is 18.3. The molecule has 0 aliphatic carbocycles. The summed E-state index contributed by atoms with van der Waals surface area (Å²) in [5.41, 5.74) is 3.15. The lowest BCUT2D eigenvalue weighted by Gasteiger charge is -2.46. The molecular weight excluding hydrogens is 400 g/mol. The van der Waals surface area contributed by atoms with Gasteiger partial charge in [-0.1, -0.05) is 60.4 Å². The SMILES string of the molecule is C[C@@H]1CC(C)(C)N(C(=O)CSc2nnc3sc4ccccc4n23)c2ccccc21. The molecule has 29 heavy (non-hydrogen) atoms. The number of carbonyl (C=O) groups excluding carboxylic acids is 1. The molecule has 148 valence electrons. The van der Waals surface area contributed by atoms with E-state index in [2.05, 4.69) is 65.7 Å². The second-order valence-corrected chi connectivity index (χ2v) is 10.1. The molecule has 0 spiro atoms. The molecule has 0 saturated heterocycles. The maximum absolute atomic E-state index is 13.4. The maximum Gasteiger partial charge on any atom is 0.237 e. The van der Waals surface area contributed by atoms with E-state index in [-0.39, 0.29) is 11.4 Å². The predicted octanol–water partition coefficient (Wildman–Crippen LogP) is 5.36. The van der Waals surface area contributed by atoms with Crippen LogP contribution in [0.1, 0.15) is 38.7 Å². The highest BCUT2D eigenvalue weighted by Crippen LogP contribution is 2.43. The molecule has 7 heteroatoms. The molecule has 2 aromatic heterocycles. The Morgan fingerprint density at radius 3 is 2.79 bits per heavy atom. The van der Waals surface area contributed by atoms with Gasteiger partial charge in [0.1, 0.15) is 0 Å². The monoisotopic (exact) mass is 422 g/mol. The number of anilines is 1. The topological polar surface area (TPSA) is 50.5 Å². The largest absolute Gasteiger partial charge is 0.306 e. The summed E-state index contributed by atoms with van der Waals surface area (Å²) >= 11 is 3.07. The molecule has 0 bridgehead atoms. The number of carbonyl (C=O) groups is 1. The number of hydrogen-bond acceptors (Lipinski definition) is 5. The van der Waals surface area contributed by atoms with Crippen molar-refractivity contribution in [1.29, 1.82) is 0 Å². The molecule has 1 atom stereocenters. The number of amides is 1. The third-order valence-electron chi connectivity index (χ3n) is 5.60. The quantitative estimate of drug-likeness (QED) is 0.417. The summed E-state index contributed by atoms with van der Waals surface area (Å²) in [4.78, 5) is 16.2. The standard InChI is InChI=1S/C22H22N4OS2/c1-14-12-22(2,3)26(16-9-5-4-8-15(14)16)19(27)13-28-20-23-24-21-25(20)17-10-6-7-11-18(17)29-21/h4-11,14H,12-13H2,1-3H3/t14-/m1/s1. The molecule has 3 heterocycles. The van der Waals surface area contributed by atoms with E-state index in [9.17, 15) is 4.79 Å². The fourth-order valence-corrected chi connectivity index (χ4v) is 6.31. The Morgan fingerprint density at radius 1 is 1.17 bits per heavy atom. The molecule has 1 aliphatic rings. The fourth-order valence-electron chi connectivity index (χ4n) is 4.50. The predicted molar refractivity (Wildman–Crippen MR) is 120 cm³/mol. The lowest BCUT2D eigenvalue weighted by molar-refractivity contribution is -0.117. The van der Waals surface area contributed by atoms with Crippen molar-refractivity contribution in [3.8, 4) is 0 Å². The van der Waals surface area contributed by atoms with E-state index in [4.69, 9.17) is 0 Å². The number of thioether (sulfide) groups is 1. The highest BCUT2D eigenvalue weighted by Gasteiger charge is 2.39. The number of benzene rings is 2. The van der Waals surface area contributed by atoms with Gasteiger partial charge >= 0.3 is 0 Å². The maximum atomic E-state index is 13.4. The summed E-state index contributed by atoms with van der Waals surface area (Å²) in [6, 6.07) is 16.5. The first-order chi connectivity index (χ1) is 14.0. The van der Waals surface area contributed by atoms with Crippen molar-refractivity contribution in [3.05, 3.63) is 54.1 Å². The van der Waals surface area contributed by atoms with E-state index in [1.54, 1.807) is 11.3 Å². The molecule has 1 aliphatic heterocycles. The Labute approximate surface area is 177 Å². The minimum Gasteiger partial charge on any atom is -0.306 e. The minimum atomic E-state index is -0.222. The number of para-hydroxylation sites is 2. The van der Waals surface area contributed by atoms with E-state index in [1.165, 1.54) is 22.0 Å². The molecule has 0 saturated carbocycles. The molecule has 1 amide bonds. The zero-order valence-electron chi connectivity index (χ0n) is 16.6. The zero-order chi connectivity index (χ0) is 20.2. The average Bonchev–Trinajstić information content (AvgIpc) is 3.25. The Morgan fingerprint density at radius 2 is 1.93 bits per heavy atom. The summed E-state index contributed by atoms with van der Waals surface area (Å²) in [7, 11) is 0. The van der Waals surface area contributed by atoms with Gasteiger partial charge in [-0.2, -0.15) is 0 Å². The average molecular weight is 423 g/mol. The van der Waals surface area contributed by atoms with Crippen molar-refractivity contribution >= 4 is 49.9 Å². The van der Waals surface area contributed by atoms with Gasteiger partial charge in [-0.3, -0.25) is 9.20 Å². The van der Waals surface area contributed by atoms with Crippen molar-refractivity contribution in [2.24, 2.45) is 0 Å². The Balaban J connectivity index is 1.45. The lowest BCUT2D eigenvalue weighted by atomic mass is 9.80. The molecule has 0 radical (unpaired) electrons. The molecule has 0 unspecified atom stereocenters. The Kier molecular flexibility index (Phi) is 4.40. The van der Waals surface area contributed by atoms with Gasteiger partial charge in [-0.25, -0.2) is 0 Å². The summed E-state index contributed by atoms with van der Waals surface area (Å²) in [6.45, 7) is 6.55. The third kappa shape index (κ3) is 3.04. The van der Waals surface area contributed by atoms with Crippen molar-refractivity contribution in [2.75, 3.05) is 10.7 Å². The number of fused-ring (bicyclic) bond motifs is 4. The van der Waals surface area contributed by atoms with Gasteiger partial charge < -0.3 is 4.90 Å². The molecule has 0 fully saturated rings. The van der Waals surface area contributed by atoms with Gasteiger partial charge in [0.15, 0.2) is 5.16 Å². The van der Waals surface area contributed by atoms with Crippen LogP contribution in [0.4, 0.5) is 5.69 Å². The van der Waals surface area contributed by atoms with Gasteiger partial charge in [0.05, 0.1) is 16.0 Å². The van der Waals surface area contributed by atoms with E-state index in [0.717, 1.165) is 27.7 Å². The highest BCUT2D eigenvalue weighted by molar-refractivity contribution is 7.99. The van der Waals surface area contributed by atoms with Crippen molar-refractivity contribution in [3.63, 3.8) is 0 Å². The molecule has 4 aromatic rings. The van der Waals surface area contributed by atoms with E-state index in [0.29, 0.717) is 11.7 Å².